The van der Waals surface area contributed by atoms with Crippen LogP contribution in [-0.4, -0.2) is 25.5 Å². The molecule has 3 nitrogen and oxygen atoms in total. The van der Waals surface area contributed by atoms with E-state index in [-0.39, 0.29) is 24.4 Å². The maximum absolute atomic E-state index is 12.3. The quantitative estimate of drug-likeness (QED) is 0.717. The summed E-state index contributed by atoms with van der Waals surface area (Å²) in [6, 6.07) is 21.1. The average Bonchev–Trinajstić information content (AvgIpc) is 2.61. The van der Waals surface area contributed by atoms with Gasteiger partial charge < -0.3 is 10.6 Å². The van der Waals surface area contributed by atoms with Gasteiger partial charge in [0.05, 0.1) is 0 Å². The maximum atomic E-state index is 12.3. The molecule has 0 fully saturated rings. The first-order chi connectivity index (χ1) is 11.7. The van der Waals surface area contributed by atoms with Crippen molar-refractivity contribution >= 4 is 18.3 Å². The van der Waals surface area contributed by atoms with Gasteiger partial charge in [-0.2, -0.15) is 0 Å². The lowest BCUT2D eigenvalue weighted by Crippen LogP contribution is -2.38. The number of likely N-dealkylation sites (N-methyl/N-ethyl adjacent to an activating group) is 1. The second-order valence-electron chi connectivity index (χ2n) is 6.44. The van der Waals surface area contributed by atoms with Crippen molar-refractivity contribution in [3.63, 3.8) is 0 Å². The number of hydrogen-bond donors (Lipinski definition) is 2. The summed E-state index contributed by atoms with van der Waals surface area (Å²) in [6.45, 7) is 2.73. The van der Waals surface area contributed by atoms with E-state index in [0.717, 1.165) is 12.8 Å². The fourth-order valence-electron chi connectivity index (χ4n) is 2.81. The van der Waals surface area contributed by atoms with Crippen LogP contribution in [0.4, 0.5) is 0 Å². The molecule has 0 saturated carbocycles. The highest BCUT2D eigenvalue weighted by molar-refractivity contribution is 5.85. The lowest BCUT2D eigenvalue weighted by Gasteiger charge is -2.18. The standard InChI is InChI=1S/C21H28N2O.ClH/c1-17(22-2)16-23-21(24)15-20(13-18-9-5-3-6-10-18)14-19-11-7-4-8-12-19;/h3-12,17,20,22H,13-16H2,1-2H3,(H,23,24);1H. The summed E-state index contributed by atoms with van der Waals surface area (Å²) in [5, 5.41) is 6.17. The van der Waals surface area contributed by atoms with E-state index in [4.69, 9.17) is 0 Å². The molecular weight excluding hydrogens is 332 g/mol. The van der Waals surface area contributed by atoms with Gasteiger partial charge in [0.2, 0.25) is 5.91 Å². The highest BCUT2D eigenvalue weighted by Gasteiger charge is 2.16. The summed E-state index contributed by atoms with van der Waals surface area (Å²) in [5.41, 5.74) is 2.57. The zero-order chi connectivity index (χ0) is 17.2. The molecule has 2 rings (SSSR count). The fraction of sp³-hybridized carbons (Fsp3) is 0.381. The van der Waals surface area contributed by atoms with Crippen molar-refractivity contribution in [1.29, 1.82) is 0 Å². The molecule has 0 aliphatic heterocycles. The van der Waals surface area contributed by atoms with Gasteiger partial charge in [-0.3, -0.25) is 4.79 Å². The molecule has 0 spiro atoms. The predicted octanol–water partition coefficient (Wildman–Crippen LogP) is 3.62. The fourth-order valence-corrected chi connectivity index (χ4v) is 2.81. The molecule has 0 saturated heterocycles. The number of benzene rings is 2. The summed E-state index contributed by atoms with van der Waals surface area (Å²) in [6.07, 6.45) is 2.40. The normalized spacial score (nSPS) is 11.6. The van der Waals surface area contributed by atoms with Crippen molar-refractivity contribution in [2.75, 3.05) is 13.6 Å². The largest absolute Gasteiger partial charge is 0.355 e. The van der Waals surface area contributed by atoms with Crippen LogP contribution in [0.5, 0.6) is 0 Å². The summed E-state index contributed by atoms with van der Waals surface area (Å²) < 4.78 is 0. The third kappa shape index (κ3) is 8.19. The first-order valence-electron chi connectivity index (χ1n) is 8.69. The highest BCUT2D eigenvalue weighted by Crippen LogP contribution is 2.18. The highest BCUT2D eigenvalue weighted by atomic mass is 35.5. The SMILES string of the molecule is CNC(C)CNC(=O)CC(Cc1ccccc1)Cc1ccccc1.Cl. The maximum Gasteiger partial charge on any atom is 0.220 e. The average molecular weight is 361 g/mol. The molecule has 2 aromatic carbocycles. The van der Waals surface area contributed by atoms with Crippen LogP contribution >= 0.6 is 12.4 Å². The van der Waals surface area contributed by atoms with Crippen molar-refractivity contribution < 1.29 is 4.79 Å². The molecular formula is C21H29ClN2O. The molecule has 0 radical (unpaired) electrons. The minimum Gasteiger partial charge on any atom is -0.355 e. The predicted molar refractivity (Wildman–Crippen MR) is 107 cm³/mol. The van der Waals surface area contributed by atoms with Gasteiger partial charge in [0.25, 0.3) is 0 Å². The van der Waals surface area contributed by atoms with E-state index in [9.17, 15) is 4.79 Å². The van der Waals surface area contributed by atoms with Gasteiger partial charge in [0.1, 0.15) is 0 Å². The Kier molecular flexibility index (Phi) is 9.90. The number of nitrogens with one attached hydrogen (secondary N) is 2. The van der Waals surface area contributed by atoms with E-state index in [1.54, 1.807) is 0 Å². The first-order valence-corrected chi connectivity index (χ1v) is 8.69. The van der Waals surface area contributed by atoms with Crippen molar-refractivity contribution in [3.8, 4) is 0 Å². The van der Waals surface area contributed by atoms with E-state index in [1.807, 2.05) is 19.2 Å². The molecule has 0 aliphatic rings. The lowest BCUT2D eigenvalue weighted by molar-refractivity contribution is -0.122. The third-order valence-corrected chi connectivity index (χ3v) is 4.31. The number of halogens is 1. The van der Waals surface area contributed by atoms with Crippen LogP contribution < -0.4 is 10.6 Å². The molecule has 2 aromatic rings. The molecule has 0 aromatic heterocycles. The Morgan fingerprint density at radius 1 is 0.920 bits per heavy atom. The van der Waals surface area contributed by atoms with Crippen LogP contribution in [0.3, 0.4) is 0 Å². The number of amides is 1. The second-order valence-corrected chi connectivity index (χ2v) is 6.44. The summed E-state index contributed by atoms with van der Waals surface area (Å²) in [4.78, 5) is 12.3. The molecule has 136 valence electrons. The van der Waals surface area contributed by atoms with Crippen LogP contribution in [0.1, 0.15) is 24.5 Å². The third-order valence-electron chi connectivity index (χ3n) is 4.31. The molecule has 0 bridgehead atoms. The Labute approximate surface area is 157 Å². The molecule has 1 unspecified atom stereocenters. The van der Waals surface area contributed by atoms with E-state index < -0.39 is 0 Å². The summed E-state index contributed by atoms with van der Waals surface area (Å²) >= 11 is 0. The van der Waals surface area contributed by atoms with Gasteiger partial charge in [-0.05, 0) is 43.9 Å². The van der Waals surface area contributed by atoms with Crippen molar-refractivity contribution in [3.05, 3.63) is 71.8 Å². The Balaban J connectivity index is 0.00000312. The Morgan fingerprint density at radius 2 is 1.40 bits per heavy atom. The van der Waals surface area contributed by atoms with Crippen LogP contribution in [-0.2, 0) is 17.6 Å². The van der Waals surface area contributed by atoms with Crippen molar-refractivity contribution in [1.82, 2.24) is 10.6 Å². The van der Waals surface area contributed by atoms with Gasteiger partial charge in [-0.25, -0.2) is 0 Å². The van der Waals surface area contributed by atoms with E-state index in [0.29, 0.717) is 18.9 Å². The summed E-state index contributed by atoms with van der Waals surface area (Å²) in [5.74, 6) is 0.439. The zero-order valence-electron chi connectivity index (χ0n) is 15.1. The molecule has 1 amide bonds. The first kappa shape index (κ1) is 21.2. The van der Waals surface area contributed by atoms with Crippen molar-refractivity contribution in [2.24, 2.45) is 5.92 Å². The minimum atomic E-state index is 0. The van der Waals surface area contributed by atoms with Gasteiger partial charge in [-0.1, -0.05) is 60.7 Å². The lowest BCUT2D eigenvalue weighted by atomic mass is 9.89. The molecule has 25 heavy (non-hydrogen) atoms. The Morgan fingerprint density at radius 3 is 1.84 bits per heavy atom. The topological polar surface area (TPSA) is 41.1 Å². The van der Waals surface area contributed by atoms with Crippen LogP contribution in [0.2, 0.25) is 0 Å². The molecule has 0 aliphatic carbocycles. The number of carbonyl (C=O) groups excluding carboxylic acids is 1. The molecule has 2 N–H and O–H groups in total. The number of rotatable bonds is 9. The monoisotopic (exact) mass is 360 g/mol. The number of hydrogen-bond acceptors (Lipinski definition) is 2. The smallest absolute Gasteiger partial charge is 0.220 e. The van der Waals surface area contributed by atoms with Gasteiger partial charge in [0, 0.05) is 19.0 Å². The van der Waals surface area contributed by atoms with Crippen LogP contribution in [0, 0.1) is 5.92 Å². The second kappa shape index (κ2) is 11.7. The van der Waals surface area contributed by atoms with Crippen LogP contribution in [0.15, 0.2) is 60.7 Å². The van der Waals surface area contributed by atoms with Crippen molar-refractivity contribution in [2.45, 2.75) is 32.2 Å². The zero-order valence-corrected chi connectivity index (χ0v) is 15.9. The Hall–Kier alpha value is -1.84. The van der Waals surface area contributed by atoms with Crippen LogP contribution in [0.25, 0.3) is 0 Å². The van der Waals surface area contributed by atoms with Gasteiger partial charge in [0.15, 0.2) is 0 Å². The van der Waals surface area contributed by atoms with Gasteiger partial charge in [-0.15, -0.1) is 12.4 Å². The molecule has 1 atom stereocenters. The van der Waals surface area contributed by atoms with E-state index >= 15 is 0 Å². The number of carbonyl (C=O) groups is 1. The Bertz CT molecular complexity index is 562. The van der Waals surface area contributed by atoms with Gasteiger partial charge >= 0.3 is 0 Å². The molecule has 0 heterocycles. The van der Waals surface area contributed by atoms with E-state index in [2.05, 4.69) is 66.1 Å². The summed E-state index contributed by atoms with van der Waals surface area (Å²) in [7, 11) is 1.91. The molecule has 4 heteroatoms. The van der Waals surface area contributed by atoms with E-state index in [1.165, 1.54) is 11.1 Å². The minimum absolute atomic E-state index is 0.